The predicted octanol–water partition coefficient (Wildman–Crippen LogP) is 1.67. The molecule has 1 N–H and O–H groups in total. The summed E-state index contributed by atoms with van der Waals surface area (Å²) in [5.41, 5.74) is -0.0382. The first-order chi connectivity index (χ1) is 6.97. The number of rotatable bonds is 3. The van der Waals surface area contributed by atoms with Crippen LogP contribution in [0.25, 0.3) is 0 Å². The van der Waals surface area contributed by atoms with E-state index in [1.807, 2.05) is 0 Å². The van der Waals surface area contributed by atoms with Crippen molar-refractivity contribution in [3.05, 3.63) is 0 Å². The van der Waals surface area contributed by atoms with Crippen molar-refractivity contribution in [1.82, 2.24) is 5.12 Å². The lowest BCUT2D eigenvalue weighted by molar-refractivity contribution is -0.0244. The van der Waals surface area contributed by atoms with Gasteiger partial charge in [0, 0.05) is 17.3 Å². The van der Waals surface area contributed by atoms with Gasteiger partial charge >= 0.3 is 6.55 Å². The van der Waals surface area contributed by atoms with Crippen molar-refractivity contribution < 1.29 is 13.9 Å². The van der Waals surface area contributed by atoms with E-state index in [0.29, 0.717) is 23.7 Å². The van der Waals surface area contributed by atoms with Gasteiger partial charge < -0.3 is 5.11 Å². The number of alkyl halides is 2. The zero-order valence-corrected chi connectivity index (χ0v) is 8.82. The van der Waals surface area contributed by atoms with E-state index in [0.717, 1.165) is 0 Å². The molecule has 6 heteroatoms. The molecule has 0 fully saturated rings. The number of nitrogens with zero attached hydrogens (tertiary/aromatic N) is 3. The van der Waals surface area contributed by atoms with Gasteiger partial charge in [0.2, 0.25) is 0 Å². The van der Waals surface area contributed by atoms with Crippen LogP contribution < -0.4 is 0 Å². The molecule has 1 aliphatic heterocycles. The highest BCUT2D eigenvalue weighted by Gasteiger charge is 2.27. The number of aliphatic hydroxyl groups is 1. The van der Waals surface area contributed by atoms with Gasteiger partial charge in [-0.2, -0.15) is 19.0 Å². The van der Waals surface area contributed by atoms with Crippen LogP contribution in [0.15, 0.2) is 10.2 Å². The third-order valence-electron chi connectivity index (χ3n) is 2.28. The maximum atomic E-state index is 12.4. The molecule has 1 rings (SSSR count). The summed E-state index contributed by atoms with van der Waals surface area (Å²) in [5.74, 6) is 0. The molecular formula is C9H15F2N3O. The van der Waals surface area contributed by atoms with E-state index < -0.39 is 12.0 Å². The molecule has 1 aliphatic rings. The van der Waals surface area contributed by atoms with Gasteiger partial charge in [-0.25, -0.2) is 0 Å². The highest BCUT2D eigenvalue weighted by molar-refractivity contribution is 5.91. The molecule has 0 unspecified atom stereocenters. The third-order valence-corrected chi connectivity index (χ3v) is 2.28. The second-order valence-electron chi connectivity index (χ2n) is 4.02. The molecule has 0 aromatic heterocycles. The molecule has 0 radical (unpaired) electrons. The highest BCUT2D eigenvalue weighted by atomic mass is 19.3. The van der Waals surface area contributed by atoms with E-state index >= 15 is 0 Å². The van der Waals surface area contributed by atoms with Gasteiger partial charge in [0.25, 0.3) is 0 Å². The lowest BCUT2D eigenvalue weighted by Gasteiger charge is -2.24. The molecule has 0 aromatic carbocycles. The van der Waals surface area contributed by atoms with E-state index in [-0.39, 0.29) is 6.61 Å². The first-order valence-corrected chi connectivity index (χ1v) is 4.76. The average Bonchev–Trinajstić information content (AvgIpc) is 2.43. The fourth-order valence-corrected chi connectivity index (χ4v) is 1.20. The molecule has 1 heterocycles. The summed E-state index contributed by atoms with van der Waals surface area (Å²) >= 11 is 0. The van der Waals surface area contributed by atoms with Crippen molar-refractivity contribution in [3.8, 4) is 0 Å². The Morgan fingerprint density at radius 3 is 2.80 bits per heavy atom. The Labute approximate surface area is 87.3 Å². The van der Waals surface area contributed by atoms with Crippen LogP contribution in [0.1, 0.15) is 26.7 Å². The van der Waals surface area contributed by atoms with Crippen molar-refractivity contribution in [2.45, 2.75) is 33.2 Å². The predicted molar refractivity (Wildman–Crippen MR) is 53.9 cm³/mol. The summed E-state index contributed by atoms with van der Waals surface area (Å²) in [6.45, 7) is 0.661. The van der Waals surface area contributed by atoms with Gasteiger partial charge in [-0.3, -0.25) is 0 Å². The lowest BCUT2D eigenvalue weighted by atomic mass is 9.86. The number of aliphatic hydroxyl groups excluding tert-OH is 1. The Morgan fingerprint density at radius 1 is 1.60 bits per heavy atom. The summed E-state index contributed by atoms with van der Waals surface area (Å²) in [5, 5.41) is 16.8. The van der Waals surface area contributed by atoms with Crippen molar-refractivity contribution >= 4 is 11.9 Å². The molecule has 0 bridgehead atoms. The fraction of sp³-hybridized carbons (Fsp3) is 0.778. The van der Waals surface area contributed by atoms with Gasteiger partial charge in [0.15, 0.2) is 0 Å². The second kappa shape index (κ2) is 4.65. The molecule has 15 heavy (non-hydrogen) atoms. The Bertz CT molecular complexity index is 277. The van der Waals surface area contributed by atoms with Crippen molar-refractivity contribution in [2.24, 2.45) is 15.6 Å². The maximum Gasteiger partial charge on any atom is 0.348 e. The first kappa shape index (κ1) is 12.0. The Morgan fingerprint density at radius 2 is 2.27 bits per heavy atom. The van der Waals surface area contributed by atoms with Crippen LogP contribution in [0.4, 0.5) is 8.78 Å². The second-order valence-corrected chi connectivity index (χ2v) is 4.02. The molecule has 86 valence electrons. The minimum atomic E-state index is -2.75. The number of hydrogen-bond donors (Lipinski definition) is 1. The molecule has 0 atom stereocenters. The maximum absolute atomic E-state index is 12.4. The van der Waals surface area contributed by atoms with E-state index in [4.69, 9.17) is 5.11 Å². The largest absolute Gasteiger partial charge is 0.395 e. The molecule has 0 aromatic rings. The van der Waals surface area contributed by atoms with Gasteiger partial charge in [0.1, 0.15) is 0 Å². The van der Waals surface area contributed by atoms with Gasteiger partial charge in [-0.05, 0) is 12.8 Å². The van der Waals surface area contributed by atoms with E-state index in [1.54, 1.807) is 13.8 Å². The molecule has 0 amide bonds. The molecule has 0 saturated heterocycles. The summed E-state index contributed by atoms with van der Waals surface area (Å²) in [4.78, 5) is 0. The van der Waals surface area contributed by atoms with E-state index in [2.05, 4.69) is 10.2 Å². The molecule has 0 aliphatic carbocycles. The summed E-state index contributed by atoms with van der Waals surface area (Å²) in [7, 11) is 0. The van der Waals surface area contributed by atoms with Crippen LogP contribution in [-0.2, 0) is 0 Å². The number of hydrogen-bond acceptors (Lipinski definition) is 4. The highest BCUT2D eigenvalue weighted by Crippen LogP contribution is 2.22. The van der Waals surface area contributed by atoms with Crippen molar-refractivity contribution in [3.63, 3.8) is 0 Å². The van der Waals surface area contributed by atoms with Gasteiger partial charge in [-0.1, -0.05) is 13.8 Å². The Balaban J connectivity index is 2.89. The van der Waals surface area contributed by atoms with Crippen LogP contribution in [-0.4, -0.2) is 35.3 Å². The Kier molecular flexibility index (Phi) is 3.73. The molecule has 0 spiro atoms. The topological polar surface area (TPSA) is 48.2 Å². The summed E-state index contributed by atoms with van der Waals surface area (Å²) < 4.78 is 24.8. The van der Waals surface area contributed by atoms with Gasteiger partial charge in [-0.15, -0.1) is 5.12 Å². The quantitative estimate of drug-likeness (QED) is 0.734. The average molecular weight is 219 g/mol. The summed E-state index contributed by atoms with van der Waals surface area (Å²) in [6.07, 6.45) is 2.52. The SMILES string of the molecule is CC(C)(CO)C1=NN(C(F)F)N=CCC1. The number of hydrazone groups is 2. The number of halogens is 2. The van der Waals surface area contributed by atoms with Crippen LogP contribution in [0.5, 0.6) is 0 Å². The van der Waals surface area contributed by atoms with Crippen LogP contribution in [0, 0.1) is 5.41 Å². The molecular weight excluding hydrogens is 204 g/mol. The van der Waals surface area contributed by atoms with E-state index in [9.17, 15) is 8.78 Å². The standard InChI is InChI=1S/C9H15F2N3O/c1-9(2,6-15)7-4-3-5-12-14(13-7)8(10)11/h5,8,15H,3-4,6H2,1-2H3. The third kappa shape index (κ3) is 2.95. The van der Waals surface area contributed by atoms with Crippen LogP contribution >= 0.6 is 0 Å². The molecule has 4 nitrogen and oxygen atoms in total. The van der Waals surface area contributed by atoms with Crippen LogP contribution in [0.3, 0.4) is 0 Å². The van der Waals surface area contributed by atoms with Gasteiger partial charge in [0.05, 0.1) is 6.61 Å². The zero-order valence-electron chi connectivity index (χ0n) is 8.82. The lowest BCUT2D eigenvalue weighted by Crippen LogP contribution is -2.30. The van der Waals surface area contributed by atoms with Crippen molar-refractivity contribution in [1.29, 1.82) is 0 Å². The normalized spacial score (nSPS) is 18.0. The smallest absolute Gasteiger partial charge is 0.348 e. The minimum absolute atomic E-state index is 0.122. The zero-order chi connectivity index (χ0) is 11.5. The minimum Gasteiger partial charge on any atom is -0.395 e. The molecule has 0 saturated carbocycles. The van der Waals surface area contributed by atoms with E-state index in [1.165, 1.54) is 6.21 Å². The summed E-state index contributed by atoms with van der Waals surface area (Å²) in [6, 6.07) is 0. The first-order valence-electron chi connectivity index (χ1n) is 4.76. The van der Waals surface area contributed by atoms with Crippen LogP contribution in [0.2, 0.25) is 0 Å². The van der Waals surface area contributed by atoms with Crippen molar-refractivity contribution in [2.75, 3.05) is 6.61 Å². The Hall–Kier alpha value is -1.04. The fourth-order valence-electron chi connectivity index (χ4n) is 1.20. The monoisotopic (exact) mass is 219 g/mol.